The molecule has 0 amide bonds. The number of nitrogens with zero attached hydrogens (tertiary/aromatic N) is 2. The minimum atomic E-state index is -4.60. The lowest BCUT2D eigenvalue weighted by atomic mass is 10.1. The second-order valence-electron chi connectivity index (χ2n) is 9.98. The van der Waals surface area contributed by atoms with Crippen LogP contribution in [0.4, 0.5) is 20.8 Å². The molecule has 244 valence electrons. The number of hydrogen-bond donors (Lipinski definition) is 0. The fraction of sp³-hybridized carbons (Fsp3) is 0.125. The van der Waals surface area contributed by atoms with Crippen LogP contribution in [0.15, 0.2) is 106 Å². The van der Waals surface area contributed by atoms with Crippen LogP contribution in [-0.4, -0.2) is 18.1 Å². The lowest BCUT2D eigenvalue weighted by molar-refractivity contribution is -0.149. The molecule has 0 radical (unpaired) electrons. The highest BCUT2D eigenvalue weighted by Gasteiger charge is 2.29. The van der Waals surface area contributed by atoms with Gasteiger partial charge in [0.25, 0.3) is 0 Å². The first-order chi connectivity index (χ1) is 22.6. The average molecular weight is 768 g/mol. The first-order valence-corrected chi connectivity index (χ1v) is 17.0. The van der Waals surface area contributed by atoms with Gasteiger partial charge in [0.2, 0.25) is 6.10 Å². The topological polar surface area (TPSA) is 100 Å². The fourth-order valence-electron chi connectivity index (χ4n) is 4.56. The van der Waals surface area contributed by atoms with Gasteiger partial charge in [0.1, 0.15) is 5.75 Å². The second kappa shape index (κ2) is 15.4. The van der Waals surface area contributed by atoms with Gasteiger partial charge >= 0.3 is 19.6 Å². The molecule has 0 N–H and O–H groups in total. The SMILES string of the molecule is COC(=O)C(Oc1cccc(-c2cnc(N(Cc3ccc(CP(=O)(OF)OF)c(Br)c3)c3ccc(Cl)c(Cl)c3)o2)c1)c1ccccc1. The zero-order valence-electron chi connectivity index (χ0n) is 24.3. The summed E-state index contributed by atoms with van der Waals surface area (Å²) in [6, 6.07) is 26.0. The summed E-state index contributed by atoms with van der Waals surface area (Å²) in [6.45, 7) is 0.189. The molecule has 0 saturated carbocycles. The molecule has 1 atom stereocenters. The van der Waals surface area contributed by atoms with Crippen LogP contribution in [0.3, 0.4) is 0 Å². The molecule has 1 unspecified atom stereocenters. The third-order valence-corrected chi connectivity index (χ3v) is 9.49. The van der Waals surface area contributed by atoms with E-state index in [4.69, 9.17) is 37.1 Å². The smallest absolute Gasteiger partial charge is 0.399 e. The Balaban J connectivity index is 1.44. The number of carbonyl (C=O) groups excluding carboxylic acids is 1. The van der Waals surface area contributed by atoms with E-state index in [0.29, 0.717) is 48.4 Å². The van der Waals surface area contributed by atoms with Crippen molar-refractivity contribution in [1.29, 1.82) is 0 Å². The monoisotopic (exact) mass is 766 g/mol. The van der Waals surface area contributed by atoms with Crippen LogP contribution < -0.4 is 9.64 Å². The van der Waals surface area contributed by atoms with Crippen LogP contribution in [0, 0.1) is 0 Å². The van der Waals surface area contributed by atoms with E-state index in [0.717, 1.165) is 0 Å². The number of ether oxygens (including phenoxy) is 2. The van der Waals surface area contributed by atoms with Crippen molar-refractivity contribution < 1.29 is 41.8 Å². The number of halogens is 5. The molecule has 5 rings (SSSR count). The third kappa shape index (κ3) is 8.39. The quantitative estimate of drug-likeness (QED) is 0.0856. The molecule has 9 nitrogen and oxygen atoms in total. The van der Waals surface area contributed by atoms with Crippen molar-refractivity contribution in [3.8, 4) is 17.1 Å². The third-order valence-electron chi connectivity index (χ3n) is 6.86. The van der Waals surface area contributed by atoms with Gasteiger partial charge < -0.3 is 13.9 Å². The number of benzene rings is 4. The van der Waals surface area contributed by atoms with Gasteiger partial charge in [-0.25, -0.2) is 9.78 Å². The van der Waals surface area contributed by atoms with Crippen LogP contribution in [0.2, 0.25) is 10.0 Å². The fourth-order valence-corrected chi connectivity index (χ4v) is 6.45. The van der Waals surface area contributed by atoms with Crippen molar-refractivity contribution >= 4 is 64.4 Å². The summed E-state index contributed by atoms with van der Waals surface area (Å²) in [7, 11) is -3.30. The number of oxazole rings is 1. The van der Waals surface area contributed by atoms with E-state index in [1.54, 1.807) is 90.0 Å². The van der Waals surface area contributed by atoms with Gasteiger partial charge in [0.05, 0.1) is 36.1 Å². The van der Waals surface area contributed by atoms with Crippen LogP contribution in [-0.2, 0) is 36.3 Å². The van der Waals surface area contributed by atoms with Gasteiger partial charge in [-0.05, 0) is 56.6 Å². The summed E-state index contributed by atoms with van der Waals surface area (Å²) in [6.07, 6.45) is -0.0912. The van der Waals surface area contributed by atoms with E-state index in [-0.39, 0.29) is 18.1 Å². The standard InChI is InChI=1S/C32H24BrCl2F2N2O7P/c1-42-31(40)30(21-6-3-2-4-7-21)43-25-9-5-8-22(15-25)29-17-38-32(44-29)39(24-12-13-27(34)28(35)16-24)18-20-10-11-23(26(33)14-20)19-47(41,45-36)46-37/h2-17,30H,18-19H2,1H3. The summed E-state index contributed by atoms with van der Waals surface area (Å²) in [4.78, 5) is 18.8. The average Bonchev–Trinajstić information content (AvgIpc) is 3.59. The maximum absolute atomic E-state index is 12.7. The highest BCUT2D eigenvalue weighted by atomic mass is 79.9. The Labute approximate surface area is 286 Å². The lowest BCUT2D eigenvalue weighted by Gasteiger charge is -2.22. The lowest BCUT2D eigenvalue weighted by Crippen LogP contribution is -2.20. The molecule has 0 saturated heterocycles. The van der Waals surface area contributed by atoms with Crippen LogP contribution >= 0.6 is 46.7 Å². The molecule has 47 heavy (non-hydrogen) atoms. The molecule has 0 aliphatic carbocycles. The number of aromatic nitrogens is 1. The molecule has 0 aliphatic heterocycles. The number of anilines is 2. The van der Waals surface area contributed by atoms with Gasteiger partial charge in [-0.15, -0.1) is 9.46 Å². The molecule has 0 spiro atoms. The number of carbonyl (C=O) groups is 1. The molecular weight excluding hydrogens is 744 g/mol. The minimum Gasteiger partial charge on any atom is -0.474 e. The Morgan fingerprint density at radius 1 is 0.979 bits per heavy atom. The second-order valence-corrected chi connectivity index (χ2v) is 13.5. The van der Waals surface area contributed by atoms with E-state index in [2.05, 4.69) is 30.4 Å². The summed E-state index contributed by atoms with van der Waals surface area (Å²) < 4.78 is 61.4. The Kier molecular flexibility index (Phi) is 11.3. The summed E-state index contributed by atoms with van der Waals surface area (Å²) in [5.41, 5.74) is 2.83. The molecule has 5 aromatic rings. The summed E-state index contributed by atoms with van der Waals surface area (Å²) in [5.74, 6) is 0.238. The normalized spacial score (nSPS) is 12.0. The van der Waals surface area contributed by atoms with Gasteiger partial charge in [0.15, 0.2) is 5.76 Å². The van der Waals surface area contributed by atoms with Crippen molar-refractivity contribution in [2.24, 2.45) is 0 Å². The van der Waals surface area contributed by atoms with Crippen LogP contribution in [0.5, 0.6) is 5.75 Å². The van der Waals surface area contributed by atoms with Gasteiger partial charge in [-0.1, -0.05) is 93.7 Å². The predicted octanol–water partition coefficient (Wildman–Crippen LogP) is 10.5. The Morgan fingerprint density at radius 3 is 2.43 bits per heavy atom. The van der Waals surface area contributed by atoms with Crippen molar-refractivity contribution in [2.75, 3.05) is 12.0 Å². The van der Waals surface area contributed by atoms with E-state index >= 15 is 0 Å². The van der Waals surface area contributed by atoms with E-state index in [9.17, 15) is 18.4 Å². The van der Waals surface area contributed by atoms with Crippen molar-refractivity contribution in [2.45, 2.75) is 18.8 Å². The zero-order chi connectivity index (χ0) is 33.6. The van der Waals surface area contributed by atoms with Crippen molar-refractivity contribution in [1.82, 2.24) is 4.98 Å². The molecule has 15 heteroatoms. The Hall–Kier alpha value is -3.77. The highest BCUT2D eigenvalue weighted by Crippen LogP contribution is 2.53. The van der Waals surface area contributed by atoms with E-state index < -0.39 is 25.8 Å². The maximum atomic E-state index is 12.7. The number of hydrogen-bond acceptors (Lipinski definition) is 9. The number of esters is 1. The molecule has 0 fully saturated rings. The molecule has 0 aliphatic rings. The molecule has 0 bridgehead atoms. The Bertz CT molecular complexity index is 1910. The molecule has 1 aromatic heterocycles. The van der Waals surface area contributed by atoms with Gasteiger partial charge in [-0.2, -0.15) is 0 Å². The van der Waals surface area contributed by atoms with Crippen LogP contribution in [0.1, 0.15) is 22.8 Å². The zero-order valence-corrected chi connectivity index (χ0v) is 28.3. The van der Waals surface area contributed by atoms with Crippen molar-refractivity contribution in [3.05, 3.63) is 128 Å². The molecular formula is C32H24BrCl2F2N2O7P. The summed E-state index contributed by atoms with van der Waals surface area (Å²) in [5, 5.41) is 0.650. The summed E-state index contributed by atoms with van der Waals surface area (Å²) >= 11 is 15.9. The van der Waals surface area contributed by atoms with Gasteiger partial charge in [-0.3, -0.25) is 9.46 Å². The van der Waals surface area contributed by atoms with E-state index in [1.807, 2.05) is 6.07 Å². The predicted molar refractivity (Wildman–Crippen MR) is 176 cm³/mol. The first-order valence-electron chi connectivity index (χ1n) is 13.7. The number of methoxy groups -OCH3 is 1. The molecule has 1 heterocycles. The van der Waals surface area contributed by atoms with Crippen molar-refractivity contribution in [3.63, 3.8) is 0 Å². The van der Waals surface area contributed by atoms with Crippen LogP contribution in [0.25, 0.3) is 11.3 Å². The Morgan fingerprint density at radius 2 is 1.74 bits per heavy atom. The van der Waals surface area contributed by atoms with E-state index in [1.165, 1.54) is 13.2 Å². The largest absolute Gasteiger partial charge is 0.474 e. The number of rotatable bonds is 13. The minimum absolute atomic E-state index is 0.189. The van der Waals surface area contributed by atoms with Gasteiger partial charge in [0, 0.05) is 21.3 Å². The maximum Gasteiger partial charge on any atom is 0.399 e. The first kappa shape index (κ1) is 34.6. The molecule has 4 aromatic carbocycles. The highest BCUT2D eigenvalue weighted by molar-refractivity contribution is 9.10.